The van der Waals surface area contributed by atoms with Gasteiger partial charge in [0.15, 0.2) is 11.5 Å². The predicted molar refractivity (Wildman–Crippen MR) is 91.6 cm³/mol. The number of nitriles is 1. The summed E-state index contributed by atoms with van der Waals surface area (Å²) in [7, 11) is 0. The van der Waals surface area contributed by atoms with Crippen LogP contribution in [-0.2, 0) is 0 Å². The third-order valence-electron chi connectivity index (χ3n) is 4.27. The Morgan fingerprint density at radius 2 is 1.71 bits per heavy atom. The normalized spacial score (nSPS) is 11.3. The summed E-state index contributed by atoms with van der Waals surface area (Å²) < 4.78 is 3.96. The van der Waals surface area contributed by atoms with Crippen molar-refractivity contribution in [1.29, 1.82) is 5.26 Å². The van der Waals surface area contributed by atoms with Crippen molar-refractivity contribution < 1.29 is 0 Å². The summed E-state index contributed by atoms with van der Waals surface area (Å²) in [6.07, 6.45) is 5.65. The number of nitrogens with zero attached hydrogens (tertiary/aromatic N) is 5. The monoisotopic (exact) mass is 309 g/mol. The Bertz CT molecular complexity index is 1260. The first kappa shape index (κ1) is 12.9. The second-order valence-electron chi connectivity index (χ2n) is 5.56. The molecular weight excluding hydrogens is 298 g/mol. The van der Waals surface area contributed by atoms with E-state index in [0.29, 0.717) is 5.56 Å². The van der Waals surface area contributed by atoms with E-state index < -0.39 is 0 Å². The highest BCUT2D eigenvalue weighted by molar-refractivity contribution is 6.03. The fourth-order valence-electron chi connectivity index (χ4n) is 3.26. The van der Waals surface area contributed by atoms with E-state index in [1.807, 2.05) is 69.7 Å². The molecule has 0 amide bonds. The van der Waals surface area contributed by atoms with Crippen molar-refractivity contribution in [2.75, 3.05) is 0 Å². The zero-order valence-corrected chi connectivity index (χ0v) is 12.6. The smallest absolute Gasteiger partial charge is 0.165 e. The fourth-order valence-corrected chi connectivity index (χ4v) is 3.26. The van der Waals surface area contributed by atoms with Crippen LogP contribution >= 0.6 is 0 Å². The van der Waals surface area contributed by atoms with Crippen molar-refractivity contribution in [3.8, 4) is 17.6 Å². The van der Waals surface area contributed by atoms with Gasteiger partial charge in [0.05, 0.1) is 22.0 Å². The largest absolute Gasteiger partial charge is 0.300 e. The number of fused-ring (bicyclic) bond motifs is 5. The minimum atomic E-state index is 0.648. The van der Waals surface area contributed by atoms with Crippen LogP contribution in [0.5, 0.6) is 0 Å². The molecule has 5 heterocycles. The number of aromatic nitrogens is 4. The summed E-state index contributed by atoms with van der Waals surface area (Å²) in [5.74, 6) is 0.760. The van der Waals surface area contributed by atoms with Crippen molar-refractivity contribution in [2.24, 2.45) is 0 Å². The molecule has 0 saturated carbocycles. The lowest BCUT2D eigenvalue weighted by Gasteiger charge is -2.06. The molecule has 0 saturated heterocycles. The second kappa shape index (κ2) is 4.67. The molecule has 0 radical (unpaired) electrons. The molecule has 0 atom stereocenters. The van der Waals surface area contributed by atoms with E-state index in [4.69, 9.17) is 4.98 Å². The van der Waals surface area contributed by atoms with Crippen molar-refractivity contribution in [3.63, 3.8) is 0 Å². The van der Waals surface area contributed by atoms with E-state index in [9.17, 15) is 5.26 Å². The molecule has 5 heteroatoms. The molecule has 0 bridgehead atoms. The molecule has 0 aliphatic heterocycles. The van der Waals surface area contributed by atoms with Crippen LogP contribution in [0.25, 0.3) is 33.6 Å². The van der Waals surface area contributed by atoms with E-state index in [-0.39, 0.29) is 0 Å². The minimum Gasteiger partial charge on any atom is -0.300 e. The molecule has 0 N–H and O–H groups in total. The first-order valence-electron chi connectivity index (χ1n) is 7.60. The van der Waals surface area contributed by atoms with Gasteiger partial charge in [0.2, 0.25) is 0 Å². The summed E-state index contributed by atoms with van der Waals surface area (Å²) in [5, 5.41) is 10.6. The molecule has 5 rings (SSSR count). The van der Waals surface area contributed by atoms with Gasteiger partial charge in [-0.2, -0.15) is 5.26 Å². The summed E-state index contributed by atoms with van der Waals surface area (Å²) in [5.41, 5.74) is 4.04. The van der Waals surface area contributed by atoms with Crippen LogP contribution in [0.4, 0.5) is 0 Å². The molecule has 0 aliphatic rings. The minimum absolute atomic E-state index is 0.648. The van der Waals surface area contributed by atoms with Gasteiger partial charge in [-0.05, 0) is 36.4 Å². The van der Waals surface area contributed by atoms with Gasteiger partial charge >= 0.3 is 0 Å². The molecule has 112 valence electrons. The molecule has 0 aromatic carbocycles. The van der Waals surface area contributed by atoms with Gasteiger partial charge in [-0.25, -0.2) is 4.98 Å². The summed E-state index contributed by atoms with van der Waals surface area (Å²) >= 11 is 0. The molecular formula is C19H11N5. The Balaban J connectivity index is 2.06. The molecule has 0 aliphatic carbocycles. The van der Waals surface area contributed by atoms with E-state index in [1.54, 1.807) is 6.20 Å². The van der Waals surface area contributed by atoms with E-state index in [0.717, 1.165) is 33.6 Å². The van der Waals surface area contributed by atoms with E-state index >= 15 is 0 Å². The summed E-state index contributed by atoms with van der Waals surface area (Å²) in [4.78, 5) is 9.29. The lowest BCUT2D eigenvalue weighted by atomic mass is 10.2. The fraction of sp³-hybridized carbons (Fsp3) is 0. The second-order valence-corrected chi connectivity index (χ2v) is 5.56. The van der Waals surface area contributed by atoms with Crippen LogP contribution in [0.1, 0.15) is 5.56 Å². The predicted octanol–water partition coefficient (Wildman–Crippen LogP) is 3.67. The van der Waals surface area contributed by atoms with Crippen LogP contribution in [-0.4, -0.2) is 18.8 Å². The summed E-state index contributed by atoms with van der Waals surface area (Å²) in [6.45, 7) is 0. The highest BCUT2D eigenvalue weighted by atomic mass is 15.1. The molecule has 24 heavy (non-hydrogen) atoms. The lowest BCUT2D eigenvalue weighted by Crippen LogP contribution is -1.98. The Kier molecular flexibility index (Phi) is 2.50. The first-order valence-corrected chi connectivity index (χ1v) is 7.60. The molecule has 0 unspecified atom stereocenters. The first-order chi connectivity index (χ1) is 11.9. The lowest BCUT2D eigenvalue weighted by molar-refractivity contribution is 1.08. The number of rotatable bonds is 1. The molecule has 5 aromatic rings. The van der Waals surface area contributed by atoms with Crippen LogP contribution in [0.2, 0.25) is 0 Å². The number of pyridine rings is 2. The Labute approximate surface area is 137 Å². The number of hydrogen-bond acceptors (Lipinski definition) is 3. The maximum atomic E-state index is 9.69. The van der Waals surface area contributed by atoms with Crippen molar-refractivity contribution in [1.82, 2.24) is 18.8 Å². The summed E-state index contributed by atoms with van der Waals surface area (Å²) in [6, 6.07) is 17.9. The average molecular weight is 309 g/mol. The quantitative estimate of drug-likeness (QED) is 0.474. The van der Waals surface area contributed by atoms with Crippen LogP contribution < -0.4 is 0 Å². The van der Waals surface area contributed by atoms with E-state index in [1.165, 1.54) is 0 Å². The van der Waals surface area contributed by atoms with E-state index in [2.05, 4.69) is 11.1 Å². The van der Waals surface area contributed by atoms with Crippen molar-refractivity contribution >= 4 is 22.1 Å². The van der Waals surface area contributed by atoms with Gasteiger partial charge in [-0.15, -0.1) is 0 Å². The van der Waals surface area contributed by atoms with Crippen molar-refractivity contribution in [3.05, 3.63) is 72.7 Å². The Morgan fingerprint density at radius 1 is 0.875 bits per heavy atom. The van der Waals surface area contributed by atoms with Crippen LogP contribution in [0.15, 0.2) is 67.1 Å². The van der Waals surface area contributed by atoms with Crippen LogP contribution in [0, 0.1) is 11.3 Å². The topological polar surface area (TPSA) is 58.4 Å². The van der Waals surface area contributed by atoms with Crippen molar-refractivity contribution in [2.45, 2.75) is 0 Å². The maximum absolute atomic E-state index is 9.69. The molecule has 0 spiro atoms. The Morgan fingerprint density at radius 3 is 2.54 bits per heavy atom. The van der Waals surface area contributed by atoms with Gasteiger partial charge in [0, 0.05) is 18.6 Å². The average Bonchev–Trinajstić information content (AvgIpc) is 3.24. The van der Waals surface area contributed by atoms with Gasteiger partial charge < -0.3 is 0 Å². The third kappa shape index (κ3) is 1.57. The highest BCUT2D eigenvalue weighted by Gasteiger charge is 2.18. The molecule has 0 fully saturated rings. The highest BCUT2D eigenvalue weighted by Crippen LogP contribution is 2.31. The standard InChI is InChI=1S/C19H11N5/c20-12-13-15-7-2-4-10-23(15)19-17(13)16-8-5-11-24(16)18(22-19)14-6-1-3-9-21-14/h1-11H. The zero-order valence-electron chi connectivity index (χ0n) is 12.6. The van der Waals surface area contributed by atoms with Gasteiger partial charge in [-0.1, -0.05) is 12.1 Å². The Hall–Kier alpha value is -3.65. The molecule has 5 aromatic heterocycles. The third-order valence-corrected chi connectivity index (χ3v) is 4.27. The molecule has 5 nitrogen and oxygen atoms in total. The van der Waals surface area contributed by atoms with Gasteiger partial charge in [-0.3, -0.25) is 13.8 Å². The SMILES string of the molecule is N#Cc1c2c3cccn3c(-c3ccccn3)nc2n2ccccc12. The maximum Gasteiger partial charge on any atom is 0.165 e. The zero-order chi connectivity index (χ0) is 16.1. The van der Waals surface area contributed by atoms with Gasteiger partial charge in [0.25, 0.3) is 0 Å². The number of hydrogen-bond donors (Lipinski definition) is 0. The van der Waals surface area contributed by atoms with Crippen LogP contribution in [0.3, 0.4) is 0 Å². The van der Waals surface area contributed by atoms with Gasteiger partial charge in [0.1, 0.15) is 11.8 Å².